The Balaban J connectivity index is 1.43. The molecule has 23 heavy (non-hydrogen) atoms. The predicted octanol–water partition coefficient (Wildman–Crippen LogP) is 2.74. The van der Waals surface area contributed by atoms with Crippen LogP contribution in [0.4, 0.5) is 0 Å². The number of amides is 2. The fourth-order valence-electron chi connectivity index (χ4n) is 3.19. The molecule has 1 aromatic rings. The van der Waals surface area contributed by atoms with Gasteiger partial charge < -0.3 is 9.80 Å². The van der Waals surface area contributed by atoms with E-state index >= 15 is 0 Å². The Hall–Kier alpha value is -1.55. The van der Waals surface area contributed by atoms with E-state index < -0.39 is 0 Å². The molecule has 0 spiro atoms. The molecule has 0 unspecified atom stereocenters. The van der Waals surface area contributed by atoms with Gasteiger partial charge in [-0.1, -0.05) is 30.2 Å². The predicted molar refractivity (Wildman–Crippen MR) is 90.3 cm³/mol. The van der Waals surface area contributed by atoms with E-state index in [4.69, 9.17) is 11.6 Å². The molecule has 0 radical (unpaired) electrons. The van der Waals surface area contributed by atoms with Crippen LogP contribution < -0.4 is 0 Å². The standard InChI is InChI=1S/C18H23ClN2O2/c19-16-6-1-3-14(13-16)7-8-17(22)20-9-11-21(12-10-20)18(23)15-4-2-5-15/h1,3,6,13,15H,2,4-5,7-12H2. The van der Waals surface area contributed by atoms with Crippen LogP contribution in [0.2, 0.25) is 5.02 Å². The van der Waals surface area contributed by atoms with Crippen LogP contribution in [-0.2, 0) is 16.0 Å². The summed E-state index contributed by atoms with van der Waals surface area (Å²) in [6.07, 6.45) is 4.46. The Morgan fingerprint density at radius 1 is 1.09 bits per heavy atom. The van der Waals surface area contributed by atoms with Crippen LogP contribution in [-0.4, -0.2) is 47.8 Å². The Morgan fingerprint density at radius 3 is 2.39 bits per heavy atom. The molecule has 5 heteroatoms. The first-order valence-electron chi connectivity index (χ1n) is 8.44. The summed E-state index contributed by atoms with van der Waals surface area (Å²) in [6.45, 7) is 2.68. The zero-order valence-corrected chi connectivity index (χ0v) is 14.1. The van der Waals surface area contributed by atoms with Gasteiger partial charge in [0, 0.05) is 43.5 Å². The van der Waals surface area contributed by atoms with Crippen molar-refractivity contribution in [3.63, 3.8) is 0 Å². The van der Waals surface area contributed by atoms with Gasteiger partial charge in [-0.3, -0.25) is 9.59 Å². The van der Waals surface area contributed by atoms with Gasteiger partial charge in [0.25, 0.3) is 0 Å². The van der Waals surface area contributed by atoms with Crippen molar-refractivity contribution in [3.8, 4) is 0 Å². The second-order valence-corrected chi connectivity index (χ2v) is 6.90. The van der Waals surface area contributed by atoms with Crippen molar-refractivity contribution in [2.45, 2.75) is 32.1 Å². The first-order valence-corrected chi connectivity index (χ1v) is 8.82. The number of nitrogens with zero attached hydrogens (tertiary/aromatic N) is 2. The maximum absolute atomic E-state index is 12.3. The topological polar surface area (TPSA) is 40.6 Å². The molecule has 1 aromatic carbocycles. The normalized spacial score (nSPS) is 18.7. The van der Waals surface area contributed by atoms with E-state index in [1.807, 2.05) is 34.1 Å². The number of carbonyl (C=O) groups excluding carboxylic acids is 2. The van der Waals surface area contributed by atoms with E-state index in [2.05, 4.69) is 0 Å². The zero-order valence-electron chi connectivity index (χ0n) is 13.3. The molecular weight excluding hydrogens is 312 g/mol. The Kier molecular flexibility index (Phi) is 5.21. The van der Waals surface area contributed by atoms with Crippen LogP contribution in [0, 0.1) is 5.92 Å². The van der Waals surface area contributed by atoms with E-state index in [1.54, 1.807) is 0 Å². The van der Waals surface area contributed by atoms with E-state index in [0.29, 0.717) is 50.0 Å². The monoisotopic (exact) mass is 334 g/mol. The van der Waals surface area contributed by atoms with Crippen molar-refractivity contribution in [2.75, 3.05) is 26.2 Å². The molecule has 2 aliphatic rings. The summed E-state index contributed by atoms with van der Waals surface area (Å²) in [7, 11) is 0. The first kappa shape index (κ1) is 16.3. The SMILES string of the molecule is O=C(CCc1cccc(Cl)c1)N1CCN(C(=O)C2CCC2)CC1. The van der Waals surface area contributed by atoms with Crippen LogP contribution >= 0.6 is 11.6 Å². The number of aryl methyl sites for hydroxylation is 1. The molecule has 0 atom stereocenters. The average Bonchev–Trinajstić information content (AvgIpc) is 2.51. The van der Waals surface area contributed by atoms with Gasteiger partial charge in [0.2, 0.25) is 11.8 Å². The lowest BCUT2D eigenvalue weighted by atomic mass is 9.84. The largest absolute Gasteiger partial charge is 0.339 e. The number of carbonyl (C=O) groups is 2. The van der Waals surface area contributed by atoms with Gasteiger partial charge in [-0.05, 0) is 37.0 Å². The van der Waals surface area contributed by atoms with Gasteiger partial charge in [0.1, 0.15) is 0 Å². The van der Waals surface area contributed by atoms with Crippen molar-refractivity contribution in [1.82, 2.24) is 9.80 Å². The third-order valence-electron chi connectivity index (χ3n) is 4.92. The van der Waals surface area contributed by atoms with Gasteiger partial charge in [-0.25, -0.2) is 0 Å². The molecule has 2 fully saturated rings. The molecule has 1 saturated heterocycles. The molecule has 2 amide bonds. The highest BCUT2D eigenvalue weighted by Crippen LogP contribution is 2.28. The molecule has 0 N–H and O–H groups in total. The first-order chi connectivity index (χ1) is 11.1. The van der Waals surface area contributed by atoms with Crippen LogP contribution in [0.5, 0.6) is 0 Å². The third kappa shape index (κ3) is 4.05. The second kappa shape index (κ2) is 7.35. The smallest absolute Gasteiger partial charge is 0.225 e. The molecule has 1 heterocycles. The number of hydrogen-bond acceptors (Lipinski definition) is 2. The fourth-order valence-corrected chi connectivity index (χ4v) is 3.40. The molecular formula is C18H23ClN2O2. The summed E-state index contributed by atoms with van der Waals surface area (Å²) in [5.74, 6) is 0.711. The number of piperazine rings is 1. The van der Waals surface area contributed by atoms with Gasteiger partial charge in [-0.2, -0.15) is 0 Å². The van der Waals surface area contributed by atoms with Crippen molar-refractivity contribution in [2.24, 2.45) is 5.92 Å². The molecule has 1 aliphatic heterocycles. The summed E-state index contributed by atoms with van der Waals surface area (Å²) in [4.78, 5) is 28.4. The van der Waals surface area contributed by atoms with E-state index in [-0.39, 0.29) is 11.8 Å². The molecule has 3 rings (SSSR count). The highest BCUT2D eigenvalue weighted by atomic mass is 35.5. The summed E-state index contributed by atoms with van der Waals surface area (Å²) < 4.78 is 0. The van der Waals surface area contributed by atoms with Crippen molar-refractivity contribution < 1.29 is 9.59 Å². The highest BCUT2D eigenvalue weighted by molar-refractivity contribution is 6.30. The number of benzene rings is 1. The lowest BCUT2D eigenvalue weighted by Gasteiger charge is -2.38. The van der Waals surface area contributed by atoms with Gasteiger partial charge >= 0.3 is 0 Å². The van der Waals surface area contributed by atoms with Crippen LogP contribution in [0.25, 0.3) is 0 Å². The zero-order chi connectivity index (χ0) is 16.2. The van der Waals surface area contributed by atoms with Gasteiger partial charge in [-0.15, -0.1) is 0 Å². The lowest BCUT2D eigenvalue weighted by Crippen LogP contribution is -2.52. The Morgan fingerprint density at radius 2 is 1.78 bits per heavy atom. The lowest BCUT2D eigenvalue weighted by molar-refractivity contribution is -0.144. The number of rotatable bonds is 4. The highest BCUT2D eigenvalue weighted by Gasteiger charge is 2.31. The molecule has 4 nitrogen and oxygen atoms in total. The van der Waals surface area contributed by atoms with E-state index in [1.165, 1.54) is 6.42 Å². The molecule has 0 bridgehead atoms. The number of hydrogen-bond donors (Lipinski definition) is 0. The van der Waals surface area contributed by atoms with Crippen molar-refractivity contribution in [3.05, 3.63) is 34.9 Å². The van der Waals surface area contributed by atoms with Crippen LogP contribution in [0.1, 0.15) is 31.2 Å². The van der Waals surface area contributed by atoms with Crippen LogP contribution in [0.3, 0.4) is 0 Å². The second-order valence-electron chi connectivity index (χ2n) is 6.46. The Labute approximate surface area is 142 Å². The summed E-state index contributed by atoms with van der Waals surface area (Å²) >= 11 is 5.96. The average molecular weight is 335 g/mol. The fraction of sp³-hybridized carbons (Fsp3) is 0.556. The van der Waals surface area contributed by atoms with Crippen LogP contribution in [0.15, 0.2) is 24.3 Å². The summed E-state index contributed by atoms with van der Waals surface area (Å²) in [6, 6.07) is 7.65. The molecule has 124 valence electrons. The van der Waals surface area contributed by atoms with E-state index in [9.17, 15) is 9.59 Å². The Bertz CT molecular complexity index is 578. The molecule has 0 aromatic heterocycles. The molecule has 1 saturated carbocycles. The summed E-state index contributed by atoms with van der Waals surface area (Å²) in [5.41, 5.74) is 1.09. The minimum absolute atomic E-state index is 0.167. The van der Waals surface area contributed by atoms with Crippen molar-refractivity contribution >= 4 is 23.4 Å². The van der Waals surface area contributed by atoms with Crippen molar-refractivity contribution in [1.29, 1.82) is 0 Å². The van der Waals surface area contributed by atoms with E-state index in [0.717, 1.165) is 18.4 Å². The quantitative estimate of drug-likeness (QED) is 0.849. The summed E-state index contributed by atoms with van der Waals surface area (Å²) in [5, 5.41) is 0.707. The minimum atomic E-state index is 0.167. The minimum Gasteiger partial charge on any atom is -0.339 e. The maximum atomic E-state index is 12.3. The van der Waals surface area contributed by atoms with Gasteiger partial charge in [0.05, 0.1) is 0 Å². The number of halogens is 1. The third-order valence-corrected chi connectivity index (χ3v) is 5.15. The maximum Gasteiger partial charge on any atom is 0.225 e. The molecule has 1 aliphatic carbocycles. The van der Waals surface area contributed by atoms with Gasteiger partial charge in [0.15, 0.2) is 0 Å².